The smallest absolute Gasteiger partial charge is 0.309 e. The van der Waals surface area contributed by atoms with Gasteiger partial charge in [-0.05, 0) is 12.8 Å². The Kier molecular flexibility index (Phi) is 7.90. The predicted octanol–water partition coefficient (Wildman–Crippen LogP) is 0.180. The molecule has 33 heavy (non-hydrogen) atoms. The number of carbonyl (C=O) groups excluding carboxylic acids is 5. The summed E-state index contributed by atoms with van der Waals surface area (Å²) in [4.78, 5) is 58.7. The molecule has 0 aromatic rings. The van der Waals surface area contributed by atoms with Gasteiger partial charge in [0, 0.05) is 34.1 Å². The van der Waals surface area contributed by atoms with Crippen LogP contribution in [0.5, 0.6) is 0 Å². The zero-order valence-electron chi connectivity index (χ0n) is 18.8. The van der Waals surface area contributed by atoms with E-state index in [1.165, 1.54) is 6.92 Å². The van der Waals surface area contributed by atoms with Gasteiger partial charge in [-0.25, -0.2) is 0 Å². The van der Waals surface area contributed by atoms with Crippen molar-refractivity contribution >= 4 is 29.8 Å². The molecule has 3 rings (SSSR count). The van der Waals surface area contributed by atoms with Crippen LogP contribution in [-0.2, 0) is 57.1 Å². The van der Waals surface area contributed by atoms with E-state index in [-0.39, 0.29) is 24.6 Å². The molecule has 3 fully saturated rings. The lowest BCUT2D eigenvalue weighted by Crippen LogP contribution is -2.63. The number of fused-ring (bicyclic) bond motifs is 2. The standard InChI is InChI=1S/C21H28O12/c1-9(22)27-8-16-17(28-10(2)23)18(29-11(3)24)19(30-12(4)25)21(33-16)32-15-6-13-5-14(7-15)31-20(13)26/h13-19,21H,5-8H2,1-4H3/t13-,14+,15-,16-,17-,18+,19-,21-/m1/s1. The summed E-state index contributed by atoms with van der Waals surface area (Å²) in [5.74, 6) is -3.35. The van der Waals surface area contributed by atoms with Crippen molar-refractivity contribution in [1.29, 1.82) is 0 Å². The maximum Gasteiger partial charge on any atom is 0.309 e. The molecule has 1 aliphatic carbocycles. The van der Waals surface area contributed by atoms with Crippen LogP contribution >= 0.6 is 0 Å². The van der Waals surface area contributed by atoms with Crippen molar-refractivity contribution in [3.05, 3.63) is 0 Å². The molecule has 1 saturated carbocycles. The Morgan fingerprint density at radius 2 is 1.42 bits per heavy atom. The molecule has 2 saturated heterocycles. The Bertz CT molecular complexity index is 794. The van der Waals surface area contributed by atoms with Gasteiger partial charge in [0.1, 0.15) is 18.8 Å². The van der Waals surface area contributed by atoms with Crippen molar-refractivity contribution in [2.45, 2.75) is 89.9 Å². The maximum absolute atomic E-state index is 11.9. The van der Waals surface area contributed by atoms with Crippen molar-refractivity contribution in [2.75, 3.05) is 6.61 Å². The Morgan fingerprint density at radius 3 is 2.00 bits per heavy atom. The first-order valence-corrected chi connectivity index (χ1v) is 10.7. The van der Waals surface area contributed by atoms with Crippen molar-refractivity contribution in [3.8, 4) is 0 Å². The molecule has 12 nitrogen and oxygen atoms in total. The fourth-order valence-electron chi connectivity index (χ4n) is 4.36. The summed E-state index contributed by atoms with van der Waals surface area (Å²) in [6.45, 7) is 4.30. The van der Waals surface area contributed by atoms with Crippen LogP contribution in [0, 0.1) is 5.92 Å². The topological polar surface area (TPSA) is 150 Å². The lowest BCUT2D eigenvalue weighted by Gasteiger charge is -2.45. The second kappa shape index (κ2) is 10.5. The third-order valence-corrected chi connectivity index (χ3v) is 5.51. The van der Waals surface area contributed by atoms with Crippen LogP contribution in [0.1, 0.15) is 47.0 Å². The number of hydrogen-bond acceptors (Lipinski definition) is 12. The highest BCUT2D eigenvalue weighted by molar-refractivity contribution is 5.75. The average Bonchev–Trinajstić information content (AvgIpc) is 2.95. The highest BCUT2D eigenvalue weighted by atomic mass is 16.7. The van der Waals surface area contributed by atoms with Crippen LogP contribution in [-0.4, -0.2) is 79.4 Å². The third-order valence-electron chi connectivity index (χ3n) is 5.51. The first kappa shape index (κ1) is 24.9. The fraction of sp³-hybridized carbons (Fsp3) is 0.762. The van der Waals surface area contributed by atoms with E-state index < -0.39 is 60.7 Å². The van der Waals surface area contributed by atoms with Gasteiger partial charge in [-0.15, -0.1) is 0 Å². The van der Waals surface area contributed by atoms with Crippen molar-refractivity contribution in [3.63, 3.8) is 0 Å². The van der Waals surface area contributed by atoms with Crippen molar-refractivity contribution in [1.82, 2.24) is 0 Å². The van der Waals surface area contributed by atoms with E-state index in [1.54, 1.807) is 0 Å². The molecular formula is C21H28O12. The number of carbonyl (C=O) groups is 5. The zero-order valence-corrected chi connectivity index (χ0v) is 18.8. The fourth-order valence-corrected chi connectivity index (χ4v) is 4.36. The molecule has 2 heterocycles. The first-order chi connectivity index (χ1) is 15.5. The van der Waals surface area contributed by atoms with Crippen LogP contribution in [0.15, 0.2) is 0 Å². The van der Waals surface area contributed by atoms with E-state index in [0.29, 0.717) is 19.3 Å². The van der Waals surface area contributed by atoms with Gasteiger partial charge in [-0.2, -0.15) is 0 Å². The minimum atomic E-state index is -1.30. The van der Waals surface area contributed by atoms with E-state index >= 15 is 0 Å². The Hall–Kier alpha value is -2.73. The highest BCUT2D eigenvalue weighted by Gasteiger charge is 2.54. The molecule has 0 spiro atoms. The van der Waals surface area contributed by atoms with Gasteiger partial charge in [0.25, 0.3) is 0 Å². The second-order valence-corrected chi connectivity index (χ2v) is 8.29. The summed E-state index contributed by atoms with van der Waals surface area (Å²) in [5.41, 5.74) is 0. The SMILES string of the molecule is CC(=O)OC[C@H]1O[C@@H](O[C@H]2C[C@@H]3C[C@H](C2)C(=O)O3)[C@H](OC(C)=O)[C@@H](OC(C)=O)[C@@H]1OC(C)=O. The normalized spacial score (nSPS) is 35.2. The van der Waals surface area contributed by atoms with Crippen LogP contribution in [0.3, 0.4) is 0 Å². The Labute approximate surface area is 190 Å². The molecule has 0 amide bonds. The van der Waals surface area contributed by atoms with Gasteiger partial charge in [0.2, 0.25) is 0 Å². The molecule has 184 valence electrons. The minimum absolute atomic E-state index is 0.285. The van der Waals surface area contributed by atoms with Gasteiger partial charge >= 0.3 is 29.8 Å². The molecule has 0 N–H and O–H groups in total. The first-order valence-electron chi connectivity index (χ1n) is 10.7. The molecule has 2 aliphatic heterocycles. The quantitative estimate of drug-likeness (QED) is 0.367. The van der Waals surface area contributed by atoms with Crippen LogP contribution in [0.25, 0.3) is 0 Å². The van der Waals surface area contributed by atoms with E-state index in [2.05, 4.69) is 0 Å². The summed E-state index contributed by atoms with van der Waals surface area (Å²) in [7, 11) is 0. The average molecular weight is 472 g/mol. The highest BCUT2D eigenvalue weighted by Crippen LogP contribution is 2.38. The van der Waals surface area contributed by atoms with Crippen molar-refractivity contribution in [2.24, 2.45) is 5.92 Å². The van der Waals surface area contributed by atoms with Crippen LogP contribution in [0.4, 0.5) is 0 Å². The predicted molar refractivity (Wildman–Crippen MR) is 104 cm³/mol. The molecule has 12 heteroatoms. The summed E-state index contributed by atoms with van der Waals surface area (Å²) in [6, 6.07) is 0. The van der Waals surface area contributed by atoms with Gasteiger partial charge in [0.15, 0.2) is 24.6 Å². The Balaban J connectivity index is 1.88. The Morgan fingerprint density at radius 1 is 0.818 bits per heavy atom. The number of rotatable bonds is 7. The third kappa shape index (κ3) is 6.41. The zero-order chi connectivity index (χ0) is 24.3. The molecule has 0 unspecified atom stereocenters. The van der Waals surface area contributed by atoms with E-state index in [0.717, 1.165) is 20.8 Å². The van der Waals surface area contributed by atoms with Crippen LogP contribution < -0.4 is 0 Å². The van der Waals surface area contributed by atoms with Crippen LogP contribution in [0.2, 0.25) is 0 Å². The summed E-state index contributed by atoms with van der Waals surface area (Å²) < 4.78 is 38.4. The maximum atomic E-state index is 11.9. The largest absolute Gasteiger partial charge is 0.463 e. The minimum Gasteiger partial charge on any atom is -0.463 e. The molecule has 2 bridgehead atoms. The summed E-state index contributed by atoms with van der Waals surface area (Å²) in [5, 5.41) is 0. The molecule has 0 aromatic carbocycles. The van der Waals surface area contributed by atoms with E-state index in [1.807, 2.05) is 0 Å². The van der Waals surface area contributed by atoms with Gasteiger partial charge < -0.3 is 33.2 Å². The summed E-state index contributed by atoms with van der Waals surface area (Å²) >= 11 is 0. The molecule has 8 atom stereocenters. The molecule has 0 radical (unpaired) electrons. The monoisotopic (exact) mass is 472 g/mol. The van der Waals surface area contributed by atoms with Gasteiger partial charge in [0.05, 0.1) is 12.0 Å². The van der Waals surface area contributed by atoms with E-state index in [4.69, 9.17) is 33.2 Å². The second-order valence-electron chi connectivity index (χ2n) is 8.29. The van der Waals surface area contributed by atoms with Crippen molar-refractivity contribution < 1.29 is 57.1 Å². The van der Waals surface area contributed by atoms with Gasteiger partial charge in [-0.1, -0.05) is 0 Å². The molecule has 0 aromatic heterocycles. The lowest BCUT2D eigenvalue weighted by molar-refractivity contribution is -0.319. The summed E-state index contributed by atoms with van der Waals surface area (Å²) in [6.07, 6.45) is -5.54. The molecular weight excluding hydrogens is 444 g/mol. The van der Waals surface area contributed by atoms with Gasteiger partial charge in [-0.3, -0.25) is 24.0 Å². The molecule has 3 aliphatic rings. The number of ether oxygens (including phenoxy) is 7. The number of esters is 5. The lowest BCUT2D eigenvalue weighted by atomic mass is 9.88. The number of hydrogen-bond donors (Lipinski definition) is 0. The van der Waals surface area contributed by atoms with E-state index in [9.17, 15) is 24.0 Å².